The average Bonchev–Trinajstić information content (AvgIpc) is 3.82. The van der Waals surface area contributed by atoms with Crippen LogP contribution in [0.2, 0.25) is 0 Å². The van der Waals surface area contributed by atoms with E-state index >= 15 is 0 Å². The Balaban J connectivity index is 0.000000292. The van der Waals surface area contributed by atoms with E-state index in [2.05, 4.69) is 44.0 Å². The standard InChI is InChI=1S/C29H33N3O5.C19H17N3O.ClH/c1-19-17-22(35-8)16-15-20(19)13-14-21-11-9-10-12-23(21)24-18-30-25(31-26(33)36-28(2,3)4)32(24)27(34)37-29(5,6)7;1-13-11-16(23-2)10-9-14(13)7-8-15-5-3-4-6-17(15)18-12-21-19(20)22-18;/h9-12,15-18H,1-8H3,(H,30,31,33);3-6,9-12H,1-2H3,(H3,20,21,22);1H. The van der Waals surface area contributed by atoms with Crippen molar-refractivity contribution in [2.45, 2.75) is 66.6 Å². The van der Waals surface area contributed by atoms with E-state index in [4.69, 9.17) is 24.7 Å². The van der Waals surface area contributed by atoms with E-state index in [1.165, 1.54) is 10.8 Å². The van der Waals surface area contributed by atoms with Crippen LogP contribution in [-0.4, -0.2) is 57.1 Å². The lowest BCUT2D eigenvalue weighted by molar-refractivity contribution is 0.0542. The number of benzene rings is 4. The second-order valence-corrected chi connectivity index (χ2v) is 15.5. The number of hydrogen-bond donors (Lipinski definition) is 3. The first-order valence-corrected chi connectivity index (χ1v) is 19.1. The van der Waals surface area contributed by atoms with Crippen molar-refractivity contribution in [3.05, 3.63) is 131 Å². The molecule has 0 bridgehead atoms. The predicted molar refractivity (Wildman–Crippen MR) is 242 cm³/mol. The topological polar surface area (TPSA) is 156 Å². The Labute approximate surface area is 363 Å². The first-order valence-electron chi connectivity index (χ1n) is 19.1. The average molecular weight is 843 g/mol. The van der Waals surface area contributed by atoms with Crippen LogP contribution >= 0.6 is 12.4 Å². The fourth-order valence-electron chi connectivity index (χ4n) is 5.71. The van der Waals surface area contributed by atoms with Crippen molar-refractivity contribution < 1.29 is 28.5 Å². The molecule has 6 aromatic rings. The molecule has 0 aliphatic carbocycles. The molecule has 2 aromatic heterocycles. The van der Waals surface area contributed by atoms with Gasteiger partial charge in [0.2, 0.25) is 5.95 Å². The molecule has 12 nitrogen and oxygen atoms in total. The number of nitrogens with zero attached hydrogens (tertiary/aromatic N) is 3. The molecule has 13 heteroatoms. The zero-order valence-corrected chi connectivity index (χ0v) is 36.8. The van der Waals surface area contributed by atoms with E-state index in [0.717, 1.165) is 50.6 Å². The molecule has 4 N–H and O–H groups in total. The van der Waals surface area contributed by atoms with E-state index in [0.29, 0.717) is 22.8 Å². The van der Waals surface area contributed by atoms with Crippen molar-refractivity contribution in [3.63, 3.8) is 0 Å². The van der Waals surface area contributed by atoms with Crippen molar-refractivity contribution in [1.82, 2.24) is 19.5 Å². The highest BCUT2D eigenvalue weighted by Gasteiger charge is 2.27. The number of halogens is 1. The van der Waals surface area contributed by atoms with Crippen LogP contribution in [0, 0.1) is 37.5 Å². The third-order valence-electron chi connectivity index (χ3n) is 8.50. The van der Waals surface area contributed by atoms with Gasteiger partial charge in [0.15, 0.2) is 5.95 Å². The van der Waals surface area contributed by atoms with E-state index in [9.17, 15) is 9.59 Å². The van der Waals surface area contributed by atoms with Crippen LogP contribution in [0.1, 0.15) is 74.9 Å². The number of H-pyrrole nitrogens is 1. The summed E-state index contributed by atoms with van der Waals surface area (Å²) in [5.74, 6) is 14.8. The summed E-state index contributed by atoms with van der Waals surface area (Å²) in [6.45, 7) is 14.5. The fourth-order valence-corrected chi connectivity index (χ4v) is 5.71. The number of nitrogens with two attached hydrogens (primary N) is 1. The highest BCUT2D eigenvalue weighted by Crippen LogP contribution is 2.29. The first kappa shape index (κ1) is 46.5. The number of rotatable bonds is 5. The third kappa shape index (κ3) is 12.9. The summed E-state index contributed by atoms with van der Waals surface area (Å²) in [4.78, 5) is 37.1. The van der Waals surface area contributed by atoms with Crippen LogP contribution in [0.5, 0.6) is 11.5 Å². The zero-order valence-electron chi connectivity index (χ0n) is 36.0. The second kappa shape index (κ2) is 20.2. The van der Waals surface area contributed by atoms with E-state index in [1.54, 1.807) is 62.0 Å². The van der Waals surface area contributed by atoms with E-state index < -0.39 is 23.4 Å². The van der Waals surface area contributed by atoms with Crippen LogP contribution < -0.4 is 20.5 Å². The van der Waals surface area contributed by atoms with Crippen molar-refractivity contribution in [3.8, 4) is 57.7 Å². The maximum Gasteiger partial charge on any atom is 0.421 e. The lowest BCUT2D eigenvalue weighted by atomic mass is 10.0. The minimum Gasteiger partial charge on any atom is -0.497 e. The van der Waals surface area contributed by atoms with Gasteiger partial charge in [0.1, 0.15) is 22.7 Å². The number of hydrogen-bond acceptors (Lipinski definition) is 9. The van der Waals surface area contributed by atoms with Gasteiger partial charge in [-0.05, 0) is 115 Å². The first-order chi connectivity index (χ1) is 28.4. The van der Waals surface area contributed by atoms with Gasteiger partial charge in [0.25, 0.3) is 0 Å². The molecule has 0 fully saturated rings. The fraction of sp³-hybridized carbons (Fsp3) is 0.250. The number of methoxy groups -OCH3 is 2. The number of carbonyl (C=O) groups is 2. The number of aromatic amines is 1. The highest BCUT2D eigenvalue weighted by molar-refractivity contribution is 5.89. The molecule has 61 heavy (non-hydrogen) atoms. The van der Waals surface area contributed by atoms with Gasteiger partial charge in [0.05, 0.1) is 38.0 Å². The molecule has 4 aromatic carbocycles. The van der Waals surface area contributed by atoms with Crippen LogP contribution in [-0.2, 0) is 9.47 Å². The van der Waals surface area contributed by atoms with Crippen molar-refractivity contribution >= 4 is 36.5 Å². The van der Waals surface area contributed by atoms with Gasteiger partial charge in [-0.25, -0.2) is 24.1 Å². The quantitative estimate of drug-likeness (QED) is 0.144. The van der Waals surface area contributed by atoms with Gasteiger partial charge in [-0.15, -0.1) is 12.4 Å². The van der Waals surface area contributed by atoms with Crippen molar-refractivity contribution in [1.29, 1.82) is 0 Å². The molecular formula is C48H51ClN6O6. The SMILES string of the molecule is COc1ccc(C#Cc2ccccc2-c2cnc(N)[nH]2)c(C)c1.COc1ccc(C#Cc2ccccc2-c2cnc(NC(=O)OC(C)(C)C)n2C(=O)OC(C)(C)C)c(C)c1.Cl. The Morgan fingerprint density at radius 1 is 0.672 bits per heavy atom. The normalized spacial score (nSPS) is 10.6. The number of imidazole rings is 2. The van der Waals surface area contributed by atoms with Gasteiger partial charge in [-0.2, -0.15) is 0 Å². The lowest BCUT2D eigenvalue weighted by Crippen LogP contribution is -2.31. The summed E-state index contributed by atoms with van der Waals surface area (Å²) in [6.07, 6.45) is 1.78. The van der Waals surface area contributed by atoms with Gasteiger partial charge >= 0.3 is 12.2 Å². The number of ether oxygens (including phenoxy) is 4. The summed E-state index contributed by atoms with van der Waals surface area (Å²) < 4.78 is 22.7. The third-order valence-corrected chi connectivity index (χ3v) is 8.50. The monoisotopic (exact) mass is 842 g/mol. The Kier molecular flexibility index (Phi) is 15.4. The van der Waals surface area contributed by atoms with Crippen LogP contribution in [0.15, 0.2) is 97.3 Å². The molecule has 0 saturated heterocycles. The largest absolute Gasteiger partial charge is 0.497 e. The zero-order chi connectivity index (χ0) is 43.6. The summed E-state index contributed by atoms with van der Waals surface area (Å²) in [5.41, 5.74) is 12.6. The summed E-state index contributed by atoms with van der Waals surface area (Å²) in [6, 6.07) is 26.8. The van der Waals surface area contributed by atoms with Crippen molar-refractivity contribution in [2.75, 3.05) is 25.3 Å². The number of amides is 1. The maximum atomic E-state index is 13.3. The summed E-state index contributed by atoms with van der Waals surface area (Å²) in [7, 11) is 3.28. The molecular weight excluding hydrogens is 792 g/mol. The molecule has 0 aliphatic heterocycles. The maximum absolute atomic E-state index is 13.3. The molecule has 0 atom stereocenters. The Hall–Kier alpha value is -7.15. The van der Waals surface area contributed by atoms with Crippen LogP contribution in [0.4, 0.5) is 21.5 Å². The Morgan fingerprint density at radius 3 is 1.64 bits per heavy atom. The number of carbonyl (C=O) groups excluding carboxylic acids is 2. The van der Waals surface area contributed by atoms with Crippen LogP contribution in [0.3, 0.4) is 0 Å². The smallest absolute Gasteiger partial charge is 0.421 e. The molecule has 1 amide bonds. The van der Waals surface area contributed by atoms with Gasteiger partial charge in [0, 0.05) is 33.4 Å². The molecule has 0 saturated carbocycles. The number of aromatic nitrogens is 4. The minimum absolute atomic E-state index is 0. The molecule has 0 radical (unpaired) electrons. The molecule has 316 valence electrons. The number of aryl methyl sites for hydroxylation is 2. The van der Waals surface area contributed by atoms with Gasteiger partial charge in [-0.1, -0.05) is 60.1 Å². The number of nitrogens with one attached hydrogen (secondary N) is 2. The molecule has 0 spiro atoms. The summed E-state index contributed by atoms with van der Waals surface area (Å²) >= 11 is 0. The van der Waals surface area contributed by atoms with Crippen molar-refractivity contribution in [2.24, 2.45) is 0 Å². The second-order valence-electron chi connectivity index (χ2n) is 15.5. The minimum atomic E-state index is -0.771. The summed E-state index contributed by atoms with van der Waals surface area (Å²) in [5, 5.41) is 2.56. The van der Waals surface area contributed by atoms with E-state index in [-0.39, 0.29) is 18.4 Å². The molecule has 2 heterocycles. The van der Waals surface area contributed by atoms with Gasteiger partial charge in [-0.3, -0.25) is 5.32 Å². The van der Waals surface area contributed by atoms with E-state index in [1.807, 2.05) is 98.8 Å². The number of nitrogen functional groups attached to an aromatic ring is 1. The lowest BCUT2D eigenvalue weighted by Gasteiger charge is -2.22. The molecule has 0 aliphatic rings. The van der Waals surface area contributed by atoms with Gasteiger partial charge < -0.3 is 29.7 Å². The van der Waals surface area contributed by atoms with Crippen LogP contribution in [0.25, 0.3) is 22.5 Å². The highest BCUT2D eigenvalue weighted by atomic mass is 35.5. The number of anilines is 2. The molecule has 6 rings (SSSR count). The molecule has 0 unspecified atom stereocenters. The Bertz CT molecular complexity index is 2630. The Morgan fingerprint density at radius 2 is 1.16 bits per heavy atom. The predicted octanol–water partition coefficient (Wildman–Crippen LogP) is 10.2.